The van der Waals surface area contributed by atoms with Crippen LogP contribution in [0.2, 0.25) is 0 Å². The summed E-state index contributed by atoms with van der Waals surface area (Å²) in [4.78, 5) is 11.7. The molecule has 6 heteroatoms. The fourth-order valence-electron chi connectivity index (χ4n) is 3.64. The molecule has 0 spiro atoms. The van der Waals surface area contributed by atoms with Crippen LogP contribution in [0.3, 0.4) is 0 Å². The second-order valence-corrected chi connectivity index (χ2v) is 6.58. The first-order valence-electron chi connectivity index (χ1n) is 8.41. The molecule has 23 heavy (non-hydrogen) atoms. The highest BCUT2D eigenvalue weighted by Crippen LogP contribution is 2.26. The van der Waals surface area contributed by atoms with Gasteiger partial charge in [0.2, 0.25) is 0 Å². The van der Waals surface area contributed by atoms with E-state index in [-0.39, 0.29) is 0 Å². The lowest BCUT2D eigenvalue weighted by Gasteiger charge is -2.22. The van der Waals surface area contributed by atoms with Crippen molar-refractivity contribution in [1.82, 2.24) is 24.6 Å². The molecule has 2 aliphatic heterocycles. The Hall–Kier alpha value is -1.79. The minimum Gasteiger partial charge on any atom is -0.381 e. The molecule has 1 fully saturated rings. The van der Waals surface area contributed by atoms with Crippen molar-refractivity contribution in [3.05, 3.63) is 30.0 Å². The maximum Gasteiger partial charge on any atom is 0.116 e. The predicted molar refractivity (Wildman–Crippen MR) is 87.0 cm³/mol. The molecule has 2 aromatic heterocycles. The smallest absolute Gasteiger partial charge is 0.116 e. The van der Waals surface area contributed by atoms with Gasteiger partial charge in [-0.3, -0.25) is 4.68 Å². The Balaban J connectivity index is 1.54. The minimum absolute atomic E-state index is 0.695. The molecule has 0 amide bonds. The number of hydrogen-bond donors (Lipinski definition) is 0. The summed E-state index contributed by atoms with van der Waals surface area (Å²) in [6.45, 7) is 5.14. The molecule has 1 atom stereocenters. The second kappa shape index (κ2) is 6.37. The summed E-state index contributed by atoms with van der Waals surface area (Å²) < 4.78 is 7.34. The lowest BCUT2D eigenvalue weighted by atomic mass is 10.0. The highest BCUT2D eigenvalue weighted by atomic mass is 16.5. The van der Waals surface area contributed by atoms with E-state index in [1.807, 2.05) is 24.1 Å². The number of hydrogen-bond acceptors (Lipinski definition) is 5. The van der Waals surface area contributed by atoms with E-state index >= 15 is 0 Å². The molecule has 1 saturated heterocycles. The molecule has 6 nitrogen and oxygen atoms in total. The van der Waals surface area contributed by atoms with Gasteiger partial charge in [0.25, 0.3) is 0 Å². The molecule has 122 valence electrons. The third-order valence-corrected chi connectivity index (χ3v) is 4.90. The predicted octanol–water partition coefficient (Wildman–Crippen LogP) is 1.31. The summed E-state index contributed by atoms with van der Waals surface area (Å²) >= 11 is 0. The number of rotatable bonds is 3. The van der Waals surface area contributed by atoms with E-state index in [9.17, 15) is 0 Å². The molecular formula is C17H23N5O. The molecule has 0 aliphatic carbocycles. The van der Waals surface area contributed by atoms with E-state index in [2.05, 4.69) is 20.0 Å². The minimum atomic E-state index is 0.695. The van der Waals surface area contributed by atoms with Crippen LogP contribution in [0.1, 0.15) is 17.7 Å². The van der Waals surface area contributed by atoms with Crippen LogP contribution in [-0.2, 0) is 24.6 Å². The van der Waals surface area contributed by atoms with Gasteiger partial charge in [0.1, 0.15) is 6.33 Å². The van der Waals surface area contributed by atoms with E-state index in [0.717, 1.165) is 56.9 Å². The van der Waals surface area contributed by atoms with Crippen LogP contribution in [-0.4, -0.2) is 57.5 Å². The van der Waals surface area contributed by atoms with Gasteiger partial charge in [-0.05, 0) is 18.8 Å². The Morgan fingerprint density at radius 3 is 2.96 bits per heavy atom. The second-order valence-electron chi connectivity index (χ2n) is 6.58. The molecule has 0 bridgehead atoms. The van der Waals surface area contributed by atoms with Gasteiger partial charge in [0.15, 0.2) is 0 Å². The largest absolute Gasteiger partial charge is 0.381 e. The summed E-state index contributed by atoms with van der Waals surface area (Å²) in [6, 6.07) is 0. The molecule has 4 heterocycles. The van der Waals surface area contributed by atoms with Crippen LogP contribution >= 0.6 is 0 Å². The highest BCUT2D eigenvalue weighted by molar-refractivity contribution is 5.62. The zero-order valence-corrected chi connectivity index (χ0v) is 13.6. The quantitative estimate of drug-likeness (QED) is 0.855. The number of fused-ring (bicyclic) bond motifs is 1. The van der Waals surface area contributed by atoms with Crippen molar-refractivity contribution in [1.29, 1.82) is 0 Å². The van der Waals surface area contributed by atoms with Crippen LogP contribution in [0.5, 0.6) is 0 Å². The number of nitrogens with zero attached hydrogens (tertiary/aromatic N) is 5. The Kier molecular flexibility index (Phi) is 4.10. The fraction of sp³-hybridized carbons (Fsp3) is 0.588. The van der Waals surface area contributed by atoms with Crippen LogP contribution in [0.4, 0.5) is 0 Å². The van der Waals surface area contributed by atoms with Gasteiger partial charge in [0, 0.05) is 62.7 Å². The van der Waals surface area contributed by atoms with Gasteiger partial charge in [-0.15, -0.1) is 0 Å². The first-order valence-corrected chi connectivity index (χ1v) is 8.41. The van der Waals surface area contributed by atoms with E-state index in [0.29, 0.717) is 5.92 Å². The Morgan fingerprint density at radius 1 is 1.26 bits per heavy atom. The molecule has 0 N–H and O–H groups in total. The van der Waals surface area contributed by atoms with Gasteiger partial charge in [-0.1, -0.05) is 0 Å². The third kappa shape index (κ3) is 3.14. The zero-order chi connectivity index (χ0) is 15.6. The molecule has 2 aromatic rings. The van der Waals surface area contributed by atoms with Crippen molar-refractivity contribution in [3.63, 3.8) is 0 Å². The molecule has 4 rings (SSSR count). The van der Waals surface area contributed by atoms with Gasteiger partial charge >= 0.3 is 0 Å². The van der Waals surface area contributed by atoms with E-state index in [1.165, 1.54) is 17.7 Å². The zero-order valence-electron chi connectivity index (χ0n) is 13.6. The number of ether oxygens (including phenoxy) is 1. The fourth-order valence-corrected chi connectivity index (χ4v) is 3.64. The van der Waals surface area contributed by atoms with Crippen molar-refractivity contribution in [2.24, 2.45) is 13.0 Å². The van der Waals surface area contributed by atoms with Crippen LogP contribution in [0.25, 0.3) is 11.3 Å². The van der Waals surface area contributed by atoms with Crippen molar-refractivity contribution in [2.45, 2.75) is 19.3 Å². The topological polar surface area (TPSA) is 56.1 Å². The molecule has 0 saturated carbocycles. The Bertz CT molecular complexity index is 677. The summed E-state index contributed by atoms with van der Waals surface area (Å²) in [6.07, 6.45) is 8.82. The highest BCUT2D eigenvalue weighted by Gasteiger charge is 2.23. The molecule has 0 unspecified atom stereocenters. The van der Waals surface area contributed by atoms with Gasteiger partial charge < -0.3 is 9.64 Å². The monoisotopic (exact) mass is 313 g/mol. The standard InChI is InChI=1S/C17H23N5O/c1-21-10-14(8-20-21)17-15-2-5-22(9-13-4-7-23-11-13)6-3-16(15)18-12-19-17/h8,10,12-13H,2-7,9,11H2,1H3/t13-/m0/s1. The Labute approximate surface area is 136 Å². The van der Waals surface area contributed by atoms with Crippen LogP contribution in [0, 0.1) is 5.92 Å². The maximum absolute atomic E-state index is 5.51. The number of aryl methyl sites for hydroxylation is 1. The average molecular weight is 313 g/mol. The summed E-state index contributed by atoms with van der Waals surface area (Å²) in [5.74, 6) is 0.695. The maximum atomic E-state index is 5.51. The van der Waals surface area contributed by atoms with Crippen molar-refractivity contribution >= 4 is 0 Å². The summed E-state index contributed by atoms with van der Waals surface area (Å²) in [5, 5.41) is 4.28. The lowest BCUT2D eigenvalue weighted by Crippen LogP contribution is -2.32. The van der Waals surface area contributed by atoms with Crippen molar-refractivity contribution < 1.29 is 4.74 Å². The SMILES string of the molecule is Cn1cc(-c2ncnc3c2CCN(C[C@@H]2CCOC2)CC3)cn1. The Morgan fingerprint density at radius 2 is 2.17 bits per heavy atom. The van der Waals surface area contributed by atoms with Crippen molar-refractivity contribution in [3.8, 4) is 11.3 Å². The molecular weight excluding hydrogens is 290 g/mol. The molecule has 0 radical (unpaired) electrons. The van der Waals surface area contributed by atoms with Crippen molar-refractivity contribution in [2.75, 3.05) is 32.8 Å². The van der Waals surface area contributed by atoms with Gasteiger partial charge in [-0.25, -0.2) is 9.97 Å². The van der Waals surface area contributed by atoms with E-state index < -0.39 is 0 Å². The lowest BCUT2D eigenvalue weighted by molar-refractivity contribution is 0.168. The number of aromatic nitrogens is 4. The van der Waals surface area contributed by atoms with E-state index in [4.69, 9.17) is 4.74 Å². The van der Waals surface area contributed by atoms with Gasteiger partial charge in [-0.2, -0.15) is 5.10 Å². The van der Waals surface area contributed by atoms with Crippen LogP contribution < -0.4 is 0 Å². The third-order valence-electron chi connectivity index (χ3n) is 4.90. The van der Waals surface area contributed by atoms with Crippen LogP contribution in [0.15, 0.2) is 18.7 Å². The summed E-state index contributed by atoms with van der Waals surface area (Å²) in [5.41, 5.74) is 4.63. The summed E-state index contributed by atoms with van der Waals surface area (Å²) in [7, 11) is 1.94. The average Bonchev–Trinajstić information content (AvgIpc) is 3.17. The molecule has 2 aliphatic rings. The van der Waals surface area contributed by atoms with Gasteiger partial charge in [0.05, 0.1) is 18.5 Å². The normalized spacial score (nSPS) is 22.0. The first kappa shape index (κ1) is 14.8. The molecule has 0 aromatic carbocycles. The van der Waals surface area contributed by atoms with E-state index in [1.54, 1.807) is 6.33 Å². The first-order chi connectivity index (χ1) is 11.3.